The summed E-state index contributed by atoms with van der Waals surface area (Å²) in [7, 11) is 0. The molecule has 154 valence electrons. The lowest BCUT2D eigenvalue weighted by Gasteiger charge is -2.13. The van der Waals surface area contributed by atoms with Gasteiger partial charge in [0.1, 0.15) is 0 Å². The average Bonchev–Trinajstić information content (AvgIpc) is 2.80. The maximum absolute atomic E-state index is 12.8. The number of nitrogens with one attached hydrogen (secondary N) is 3. The van der Waals surface area contributed by atoms with Crippen LogP contribution in [0.3, 0.4) is 0 Å². The molecular formula is C26H23N3O2. The van der Waals surface area contributed by atoms with Gasteiger partial charge in [-0.05, 0) is 47.7 Å². The summed E-state index contributed by atoms with van der Waals surface area (Å²) in [5, 5.41) is 10.5. The number of rotatable bonds is 5. The normalized spacial score (nSPS) is 10.5. The molecule has 4 rings (SSSR count). The Labute approximate surface area is 181 Å². The molecule has 0 radical (unpaired) electrons. The Balaban J connectivity index is 1.50. The number of aryl methyl sites for hydroxylation is 1. The topological polar surface area (TPSA) is 70.2 Å². The Morgan fingerprint density at radius 1 is 0.677 bits per heavy atom. The van der Waals surface area contributed by atoms with Crippen molar-refractivity contribution in [3.05, 3.63) is 102 Å². The van der Waals surface area contributed by atoms with Crippen LogP contribution in [-0.2, 0) is 6.42 Å². The van der Waals surface area contributed by atoms with Crippen molar-refractivity contribution in [1.29, 1.82) is 0 Å². The minimum atomic E-state index is -0.413. The van der Waals surface area contributed by atoms with Gasteiger partial charge in [-0.1, -0.05) is 67.6 Å². The molecule has 0 heterocycles. The first-order valence-corrected chi connectivity index (χ1v) is 10.2. The van der Waals surface area contributed by atoms with Crippen LogP contribution in [0.15, 0.2) is 91.0 Å². The lowest BCUT2D eigenvalue weighted by Crippen LogP contribution is -2.22. The Morgan fingerprint density at radius 2 is 1.32 bits per heavy atom. The first-order chi connectivity index (χ1) is 15.1. The molecular weight excluding hydrogens is 386 g/mol. The van der Waals surface area contributed by atoms with E-state index in [0.717, 1.165) is 17.2 Å². The second-order valence-corrected chi connectivity index (χ2v) is 7.16. The van der Waals surface area contributed by atoms with E-state index in [1.54, 1.807) is 24.3 Å². The third-order valence-electron chi connectivity index (χ3n) is 5.08. The number of carbonyl (C=O) groups excluding carboxylic acids is 2. The minimum Gasteiger partial charge on any atom is -0.322 e. The molecule has 0 aromatic heterocycles. The third-order valence-corrected chi connectivity index (χ3v) is 5.08. The van der Waals surface area contributed by atoms with E-state index in [1.165, 1.54) is 5.56 Å². The summed E-state index contributed by atoms with van der Waals surface area (Å²) in [6.07, 6.45) is 0.937. The monoisotopic (exact) mass is 409 g/mol. The van der Waals surface area contributed by atoms with Crippen LogP contribution in [0, 0.1) is 0 Å². The highest BCUT2D eigenvalue weighted by Crippen LogP contribution is 2.24. The fourth-order valence-corrected chi connectivity index (χ4v) is 3.42. The van der Waals surface area contributed by atoms with Crippen molar-refractivity contribution in [2.45, 2.75) is 13.3 Å². The van der Waals surface area contributed by atoms with E-state index in [0.29, 0.717) is 22.6 Å². The summed E-state index contributed by atoms with van der Waals surface area (Å²) in [4.78, 5) is 25.5. The molecule has 0 aliphatic rings. The molecule has 0 bridgehead atoms. The van der Waals surface area contributed by atoms with Gasteiger partial charge in [-0.25, -0.2) is 4.79 Å². The number of benzene rings is 4. The van der Waals surface area contributed by atoms with Gasteiger partial charge in [0.05, 0.1) is 16.9 Å². The number of fused-ring (bicyclic) bond motifs is 1. The van der Waals surface area contributed by atoms with Gasteiger partial charge < -0.3 is 16.0 Å². The molecule has 0 unspecified atom stereocenters. The largest absolute Gasteiger partial charge is 0.323 e. The van der Waals surface area contributed by atoms with Gasteiger partial charge in [0, 0.05) is 11.1 Å². The van der Waals surface area contributed by atoms with Gasteiger partial charge in [-0.2, -0.15) is 0 Å². The van der Waals surface area contributed by atoms with Gasteiger partial charge in [-0.3, -0.25) is 4.79 Å². The SMILES string of the molecule is CCc1ccc(NC(=O)c2ccccc2NC(=O)Nc2cccc3ccccc23)cc1. The van der Waals surface area contributed by atoms with Crippen LogP contribution < -0.4 is 16.0 Å². The molecule has 31 heavy (non-hydrogen) atoms. The molecule has 0 saturated carbocycles. The van der Waals surface area contributed by atoms with Crippen molar-refractivity contribution in [2.75, 3.05) is 16.0 Å². The van der Waals surface area contributed by atoms with E-state index in [1.807, 2.05) is 66.7 Å². The van der Waals surface area contributed by atoms with E-state index < -0.39 is 6.03 Å². The molecule has 0 atom stereocenters. The maximum Gasteiger partial charge on any atom is 0.323 e. The van der Waals surface area contributed by atoms with Crippen LogP contribution in [-0.4, -0.2) is 11.9 Å². The van der Waals surface area contributed by atoms with Crippen LogP contribution in [0.2, 0.25) is 0 Å². The molecule has 0 spiro atoms. The predicted octanol–water partition coefficient (Wildman–Crippen LogP) is 6.30. The summed E-state index contributed by atoms with van der Waals surface area (Å²) >= 11 is 0. The van der Waals surface area contributed by atoms with Gasteiger partial charge >= 0.3 is 6.03 Å². The van der Waals surface area contributed by atoms with E-state index in [9.17, 15) is 9.59 Å². The minimum absolute atomic E-state index is 0.287. The Bertz CT molecular complexity index is 1230. The van der Waals surface area contributed by atoms with E-state index in [-0.39, 0.29) is 5.91 Å². The van der Waals surface area contributed by atoms with Gasteiger partial charge in [0.25, 0.3) is 5.91 Å². The number of hydrogen-bond donors (Lipinski definition) is 3. The van der Waals surface area contributed by atoms with Crippen molar-refractivity contribution in [1.82, 2.24) is 0 Å². The van der Waals surface area contributed by atoms with Crippen LogP contribution in [0.4, 0.5) is 21.9 Å². The first-order valence-electron chi connectivity index (χ1n) is 10.2. The highest BCUT2D eigenvalue weighted by molar-refractivity contribution is 6.12. The molecule has 3 N–H and O–H groups in total. The van der Waals surface area contributed by atoms with Crippen LogP contribution in [0.1, 0.15) is 22.8 Å². The second kappa shape index (κ2) is 9.13. The van der Waals surface area contributed by atoms with Gasteiger partial charge in [-0.15, -0.1) is 0 Å². The lowest BCUT2D eigenvalue weighted by atomic mass is 10.1. The first kappa shape index (κ1) is 20.2. The number of hydrogen-bond acceptors (Lipinski definition) is 2. The van der Waals surface area contributed by atoms with Crippen molar-refractivity contribution < 1.29 is 9.59 Å². The predicted molar refractivity (Wildman–Crippen MR) is 127 cm³/mol. The summed E-state index contributed by atoms with van der Waals surface area (Å²) in [6, 6.07) is 27.8. The lowest BCUT2D eigenvalue weighted by molar-refractivity contribution is 0.102. The van der Waals surface area contributed by atoms with Gasteiger partial charge in [0.2, 0.25) is 0 Å². The fourth-order valence-electron chi connectivity index (χ4n) is 3.42. The molecule has 4 aromatic rings. The quantitative estimate of drug-likeness (QED) is 0.362. The van der Waals surface area contributed by atoms with E-state index in [4.69, 9.17) is 0 Å². The molecule has 0 aliphatic heterocycles. The van der Waals surface area contributed by atoms with Crippen molar-refractivity contribution in [3.63, 3.8) is 0 Å². The number of urea groups is 1. The number of anilines is 3. The number of amides is 3. The van der Waals surface area contributed by atoms with Crippen molar-refractivity contribution in [3.8, 4) is 0 Å². The van der Waals surface area contributed by atoms with Crippen LogP contribution in [0.5, 0.6) is 0 Å². The van der Waals surface area contributed by atoms with Crippen LogP contribution >= 0.6 is 0 Å². The molecule has 3 amide bonds. The van der Waals surface area contributed by atoms with E-state index >= 15 is 0 Å². The Hall–Kier alpha value is -4.12. The smallest absolute Gasteiger partial charge is 0.322 e. The molecule has 0 fully saturated rings. The van der Waals surface area contributed by atoms with Gasteiger partial charge in [0.15, 0.2) is 0 Å². The zero-order chi connectivity index (χ0) is 21.6. The Kier molecular flexibility index (Phi) is 5.94. The van der Waals surface area contributed by atoms with Crippen molar-refractivity contribution in [2.24, 2.45) is 0 Å². The summed E-state index contributed by atoms with van der Waals surface area (Å²) < 4.78 is 0. The third kappa shape index (κ3) is 4.73. The van der Waals surface area contributed by atoms with E-state index in [2.05, 4.69) is 22.9 Å². The zero-order valence-electron chi connectivity index (χ0n) is 17.2. The molecule has 0 aliphatic carbocycles. The summed E-state index contributed by atoms with van der Waals surface area (Å²) in [6.45, 7) is 2.08. The zero-order valence-corrected chi connectivity index (χ0v) is 17.2. The highest BCUT2D eigenvalue weighted by atomic mass is 16.2. The maximum atomic E-state index is 12.8. The second-order valence-electron chi connectivity index (χ2n) is 7.16. The summed E-state index contributed by atoms with van der Waals surface area (Å²) in [5.74, 6) is -0.287. The molecule has 4 aromatic carbocycles. The van der Waals surface area contributed by atoms with Crippen molar-refractivity contribution >= 4 is 39.8 Å². The fraction of sp³-hybridized carbons (Fsp3) is 0.0769. The average molecular weight is 409 g/mol. The molecule has 5 nitrogen and oxygen atoms in total. The molecule has 0 saturated heterocycles. The summed E-state index contributed by atoms with van der Waals surface area (Å²) in [5.41, 5.74) is 3.42. The molecule has 5 heteroatoms. The van der Waals surface area contributed by atoms with Crippen LogP contribution in [0.25, 0.3) is 10.8 Å². The standard InChI is InChI=1S/C26H23N3O2/c1-2-18-14-16-20(17-15-18)27-25(30)22-11-5-6-12-24(22)29-26(31)28-23-13-7-9-19-8-3-4-10-21(19)23/h3-17H,2H2,1H3,(H,27,30)(H2,28,29,31). The Morgan fingerprint density at radius 3 is 2.13 bits per heavy atom. The number of carbonyl (C=O) groups is 2. The number of para-hydroxylation sites is 1. The highest BCUT2D eigenvalue weighted by Gasteiger charge is 2.14.